The lowest BCUT2D eigenvalue weighted by Gasteiger charge is -2.07. The van der Waals surface area contributed by atoms with Gasteiger partial charge in [0.05, 0.1) is 18.4 Å². The minimum absolute atomic E-state index is 0.0855. The van der Waals surface area contributed by atoms with Crippen molar-refractivity contribution in [2.75, 3.05) is 11.9 Å². The van der Waals surface area contributed by atoms with E-state index in [0.29, 0.717) is 6.54 Å². The Morgan fingerprint density at radius 3 is 2.79 bits per heavy atom. The van der Waals surface area contributed by atoms with E-state index in [1.807, 2.05) is 12.1 Å². The lowest BCUT2D eigenvalue weighted by molar-refractivity contribution is 0.639. The molecule has 1 N–H and O–H groups in total. The van der Waals surface area contributed by atoms with Crippen molar-refractivity contribution in [1.82, 2.24) is 14.8 Å². The van der Waals surface area contributed by atoms with Crippen LogP contribution < -0.4 is 10.9 Å². The summed E-state index contributed by atoms with van der Waals surface area (Å²) in [5.74, 6) is 0.777. The number of aromatic nitrogens is 3. The van der Waals surface area contributed by atoms with Crippen LogP contribution in [0.15, 0.2) is 41.6 Å². The highest BCUT2D eigenvalue weighted by molar-refractivity contribution is 5.39. The predicted octanol–water partition coefficient (Wildman–Crippen LogP) is 1.51. The molecule has 0 saturated heterocycles. The largest absolute Gasteiger partial charge is 0.383 e. The number of pyridine rings is 1. The van der Waals surface area contributed by atoms with Gasteiger partial charge in [0.25, 0.3) is 5.56 Å². The predicted molar refractivity (Wildman–Crippen MR) is 73.0 cm³/mol. The van der Waals surface area contributed by atoms with Crippen molar-refractivity contribution >= 4 is 5.69 Å². The Kier molecular flexibility index (Phi) is 3.27. The summed E-state index contributed by atoms with van der Waals surface area (Å²) in [4.78, 5) is 15.9. The second-order valence-electron chi connectivity index (χ2n) is 4.92. The van der Waals surface area contributed by atoms with Gasteiger partial charge in [0.1, 0.15) is 0 Å². The van der Waals surface area contributed by atoms with E-state index in [-0.39, 0.29) is 5.56 Å². The van der Waals surface area contributed by atoms with Crippen LogP contribution in [0.4, 0.5) is 5.69 Å². The van der Waals surface area contributed by atoms with E-state index in [1.54, 1.807) is 24.7 Å². The molecule has 0 aromatic carbocycles. The van der Waals surface area contributed by atoms with Crippen LogP contribution in [0.5, 0.6) is 0 Å². The molecule has 0 spiro atoms. The van der Waals surface area contributed by atoms with Gasteiger partial charge in [0.15, 0.2) is 0 Å². The van der Waals surface area contributed by atoms with Crippen molar-refractivity contribution in [3.05, 3.63) is 52.7 Å². The molecule has 1 aliphatic rings. The van der Waals surface area contributed by atoms with E-state index in [9.17, 15) is 4.79 Å². The Morgan fingerprint density at radius 2 is 2.11 bits per heavy atom. The summed E-state index contributed by atoms with van der Waals surface area (Å²) >= 11 is 0. The Balaban J connectivity index is 1.70. The highest BCUT2D eigenvalue weighted by atomic mass is 16.1. The van der Waals surface area contributed by atoms with Crippen LogP contribution in [0.1, 0.15) is 18.4 Å². The van der Waals surface area contributed by atoms with Gasteiger partial charge in [-0.1, -0.05) is 0 Å². The first kappa shape index (κ1) is 11.9. The van der Waals surface area contributed by atoms with Gasteiger partial charge < -0.3 is 5.32 Å². The van der Waals surface area contributed by atoms with E-state index in [0.717, 1.165) is 23.7 Å². The zero-order chi connectivity index (χ0) is 13.1. The number of hydrogen-bond acceptors (Lipinski definition) is 4. The Bertz CT molecular complexity index is 604. The highest BCUT2D eigenvalue weighted by Gasteiger charge is 2.20. The first-order valence-electron chi connectivity index (χ1n) is 6.51. The third-order valence-corrected chi connectivity index (χ3v) is 3.24. The third kappa shape index (κ3) is 3.19. The fourth-order valence-corrected chi connectivity index (χ4v) is 1.89. The Hall–Kier alpha value is -2.17. The number of anilines is 1. The normalized spacial score (nSPS) is 14.3. The van der Waals surface area contributed by atoms with Gasteiger partial charge >= 0.3 is 0 Å². The quantitative estimate of drug-likeness (QED) is 0.881. The van der Waals surface area contributed by atoms with Crippen molar-refractivity contribution in [3.63, 3.8) is 0 Å². The zero-order valence-electron chi connectivity index (χ0n) is 10.6. The van der Waals surface area contributed by atoms with E-state index in [2.05, 4.69) is 15.4 Å². The van der Waals surface area contributed by atoms with E-state index in [1.165, 1.54) is 17.5 Å². The first-order valence-corrected chi connectivity index (χ1v) is 6.51. The molecule has 1 fully saturated rings. The maximum atomic E-state index is 11.9. The van der Waals surface area contributed by atoms with Crippen LogP contribution in [0.25, 0.3) is 0 Å². The van der Waals surface area contributed by atoms with Crippen LogP contribution in [0.3, 0.4) is 0 Å². The average molecular weight is 256 g/mol. The molecule has 3 rings (SSSR count). The monoisotopic (exact) mass is 256 g/mol. The molecule has 0 atom stereocenters. The van der Waals surface area contributed by atoms with Gasteiger partial charge in [0, 0.05) is 25.0 Å². The van der Waals surface area contributed by atoms with E-state index < -0.39 is 0 Å². The maximum Gasteiger partial charge on any atom is 0.269 e. The summed E-state index contributed by atoms with van der Waals surface area (Å²) in [5.41, 5.74) is 1.74. The van der Waals surface area contributed by atoms with Gasteiger partial charge in [-0.15, -0.1) is 0 Å². The molecule has 1 saturated carbocycles. The van der Waals surface area contributed by atoms with Crippen molar-refractivity contribution in [2.24, 2.45) is 5.92 Å². The Labute approximate surface area is 111 Å². The minimum Gasteiger partial charge on any atom is -0.383 e. The van der Waals surface area contributed by atoms with Gasteiger partial charge in [-0.25, -0.2) is 4.68 Å². The third-order valence-electron chi connectivity index (χ3n) is 3.24. The molecular formula is C14H16N4O. The number of hydrogen-bond donors (Lipinski definition) is 1. The number of nitrogens with zero attached hydrogens (tertiary/aromatic N) is 3. The second-order valence-corrected chi connectivity index (χ2v) is 4.92. The summed E-state index contributed by atoms with van der Waals surface area (Å²) in [6.45, 7) is 1.42. The van der Waals surface area contributed by atoms with E-state index in [4.69, 9.17) is 0 Å². The van der Waals surface area contributed by atoms with Crippen LogP contribution >= 0.6 is 0 Å². The summed E-state index contributed by atoms with van der Waals surface area (Å²) in [5, 5.41) is 7.45. The molecule has 5 nitrogen and oxygen atoms in total. The Morgan fingerprint density at radius 1 is 1.32 bits per heavy atom. The standard InChI is InChI=1S/C14H16N4O/c19-14-7-13(16-8-11-1-2-11)9-17-18(14)10-12-3-5-15-6-4-12/h3-7,9,11,16H,1-2,8,10H2. The zero-order valence-corrected chi connectivity index (χ0v) is 10.6. The molecule has 1 aliphatic carbocycles. The van der Waals surface area contributed by atoms with Crippen LogP contribution in [-0.2, 0) is 6.54 Å². The van der Waals surface area contributed by atoms with Crippen LogP contribution in [0, 0.1) is 5.92 Å². The van der Waals surface area contributed by atoms with Gasteiger partial charge in [-0.3, -0.25) is 9.78 Å². The molecule has 19 heavy (non-hydrogen) atoms. The molecule has 0 aliphatic heterocycles. The molecule has 0 bridgehead atoms. The van der Waals surface area contributed by atoms with Crippen molar-refractivity contribution in [2.45, 2.75) is 19.4 Å². The fraction of sp³-hybridized carbons (Fsp3) is 0.357. The first-order chi connectivity index (χ1) is 9.31. The van der Waals surface area contributed by atoms with Crippen molar-refractivity contribution < 1.29 is 0 Å². The lowest BCUT2D eigenvalue weighted by atomic mass is 10.3. The van der Waals surface area contributed by atoms with Gasteiger partial charge in [-0.2, -0.15) is 5.10 Å². The van der Waals surface area contributed by atoms with Gasteiger partial charge in [0.2, 0.25) is 0 Å². The molecule has 5 heteroatoms. The van der Waals surface area contributed by atoms with Crippen LogP contribution in [0.2, 0.25) is 0 Å². The van der Waals surface area contributed by atoms with Crippen LogP contribution in [-0.4, -0.2) is 21.3 Å². The number of rotatable bonds is 5. The molecule has 2 aromatic rings. The van der Waals surface area contributed by atoms with E-state index >= 15 is 0 Å². The minimum atomic E-state index is -0.0855. The molecule has 0 unspecified atom stereocenters. The summed E-state index contributed by atoms with van der Waals surface area (Å²) < 4.78 is 1.46. The molecule has 2 aromatic heterocycles. The number of nitrogens with one attached hydrogen (secondary N) is 1. The second kappa shape index (κ2) is 5.22. The lowest BCUT2D eigenvalue weighted by Crippen LogP contribution is -2.23. The maximum absolute atomic E-state index is 11.9. The SMILES string of the molecule is O=c1cc(NCC2CC2)cnn1Cc1ccncc1. The van der Waals surface area contributed by atoms with Gasteiger partial charge in [-0.05, 0) is 36.5 Å². The molecular weight excluding hydrogens is 240 g/mol. The molecule has 0 amide bonds. The molecule has 2 heterocycles. The topological polar surface area (TPSA) is 59.8 Å². The molecule has 0 radical (unpaired) electrons. The van der Waals surface area contributed by atoms with Crippen molar-refractivity contribution in [1.29, 1.82) is 0 Å². The van der Waals surface area contributed by atoms with Crippen molar-refractivity contribution in [3.8, 4) is 0 Å². The summed E-state index contributed by atoms with van der Waals surface area (Å²) in [6.07, 6.45) is 7.72. The summed E-state index contributed by atoms with van der Waals surface area (Å²) in [7, 11) is 0. The highest BCUT2D eigenvalue weighted by Crippen LogP contribution is 2.28. The summed E-state index contributed by atoms with van der Waals surface area (Å²) in [6, 6.07) is 5.37. The fourth-order valence-electron chi connectivity index (χ4n) is 1.89. The average Bonchev–Trinajstić information content (AvgIpc) is 3.25. The smallest absolute Gasteiger partial charge is 0.269 e. The molecule has 98 valence electrons.